The van der Waals surface area contributed by atoms with E-state index in [0.717, 1.165) is 10.5 Å². The summed E-state index contributed by atoms with van der Waals surface area (Å²) in [6.45, 7) is 1.74. The maximum absolute atomic E-state index is 12.8. The molecule has 0 bridgehead atoms. The Morgan fingerprint density at radius 3 is 2.86 bits per heavy atom. The Morgan fingerprint density at radius 1 is 1.18 bits per heavy atom. The lowest BCUT2D eigenvalue weighted by Gasteiger charge is -2.10. The molecule has 0 aliphatic carbocycles. The molecule has 0 aliphatic heterocycles. The summed E-state index contributed by atoms with van der Waals surface area (Å²) in [6.07, 6.45) is 1.26. The molecule has 2 aromatic carbocycles. The van der Waals surface area contributed by atoms with E-state index in [4.69, 9.17) is 8.94 Å². The number of benzene rings is 2. The number of hydrogen-bond acceptors (Lipinski definition) is 8. The second kappa shape index (κ2) is 8.05. The van der Waals surface area contributed by atoms with Gasteiger partial charge in [0, 0.05) is 23.1 Å². The summed E-state index contributed by atoms with van der Waals surface area (Å²) in [4.78, 5) is 17.8. The van der Waals surface area contributed by atoms with Gasteiger partial charge in [-0.25, -0.2) is 0 Å². The lowest BCUT2D eigenvalue weighted by molar-refractivity contribution is 0.102. The molecule has 0 unspecified atom stereocenters. The first kappa shape index (κ1) is 17.9. The molecule has 1 amide bonds. The average molecular weight is 393 g/mol. The van der Waals surface area contributed by atoms with Crippen LogP contribution in [-0.2, 0) is 5.75 Å². The third-order valence-electron chi connectivity index (χ3n) is 3.79. The minimum atomic E-state index is -0.213. The largest absolute Gasteiger partial charge is 0.423 e. The van der Waals surface area contributed by atoms with E-state index in [1.54, 1.807) is 25.1 Å². The monoisotopic (exact) mass is 393 g/mol. The zero-order chi connectivity index (χ0) is 19.3. The van der Waals surface area contributed by atoms with Crippen molar-refractivity contribution < 1.29 is 13.7 Å². The second-order valence-corrected chi connectivity index (χ2v) is 6.81. The standard InChI is InChI=1S/C19H15N5O3S/c1-12-21-17(24-27-12)10-28-16-8-3-2-7-15(16)18(25)22-14-6-4-5-13(9-14)19-23-20-11-26-19/h2-9,11H,10H2,1H3,(H,22,25). The Balaban J connectivity index is 1.50. The van der Waals surface area contributed by atoms with Crippen molar-refractivity contribution in [1.29, 1.82) is 0 Å². The molecular weight excluding hydrogens is 378 g/mol. The van der Waals surface area contributed by atoms with Crippen LogP contribution in [0.5, 0.6) is 0 Å². The molecule has 0 saturated heterocycles. The molecule has 140 valence electrons. The van der Waals surface area contributed by atoms with Gasteiger partial charge in [0.05, 0.1) is 11.3 Å². The molecule has 0 radical (unpaired) electrons. The van der Waals surface area contributed by atoms with Gasteiger partial charge in [-0.15, -0.1) is 22.0 Å². The molecule has 0 aliphatic rings. The summed E-state index contributed by atoms with van der Waals surface area (Å²) in [7, 11) is 0. The fourth-order valence-electron chi connectivity index (χ4n) is 2.55. The van der Waals surface area contributed by atoms with E-state index in [1.165, 1.54) is 18.2 Å². The number of rotatable bonds is 6. The van der Waals surface area contributed by atoms with Gasteiger partial charge >= 0.3 is 0 Å². The molecule has 2 aromatic heterocycles. The quantitative estimate of drug-likeness (QED) is 0.490. The molecule has 9 heteroatoms. The third-order valence-corrected chi connectivity index (χ3v) is 4.86. The Labute approximate surface area is 164 Å². The number of carbonyl (C=O) groups is 1. The van der Waals surface area contributed by atoms with Crippen molar-refractivity contribution in [3.05, 3.63) is 72.2 Å². The van der Waals surface area contributed by atoms with Crippen LogP contribution < -0.4 is 5.32 Å². The predicted octanol–water partition coefficient (Wildman–Crippen LogP) is 3.97. The van der Waals surface area contributed by atoms with Crippen LogP contribution in [0, 0.1) is 6.92 Å². The Bertz CT molecular complexity index is 1090. The summed E-state index contributed by atoms with van der Waals surface area (Å²) in [6, 6.07) is 14.6. The van der Waals surface area contributed by atoms with Crippen molar-refractivity contribution >= 4 is 23.4 Å². The van der Waals surface area contributed by atoms with E-state index in [9.17, 15) is 4.79 Å². The first-order chi connectivity index (χ1) is 13.7. The van der Waals surface area contributed by atoms with Gasteiger partial charge in [0.15, 0.2) is 5.82 Å². The SMILES string of the molecule is Cc1nc(CSc2ccccc2C(=O)Nc2cccc(-c3nnco3)c2)no1. The summed E-state index contributed by atoms with van der Waals surface area (Å²) in [5, 5.41) is 14.3. The normalized spacial score (nSPS) is 10.8. The molecular formula is C19H15N5O3S. The molecule has 2 heterocycles. The van der Waals surface area contributed by atoms with Crippen LogP contribution >= 0.6 is 11.8 Å². The van der Waals surface area contributed by atoms with Gasteiger partial charge in [0.1, 0.15) is 0 Å². The third kappa shape index (κ3) is 4.09. The van der Waals surface area contributed by atoms with Crippen LogP contribution in [0.2, 0.25) is 0 Å². The molecule has 0 fully saturated rings. The molecule has 0 atom stereocenters. The molecule has 0 saturated carbocycles. The van der Waals surface area contributed by atoms with E-state index in [0.29, 0.717) is 34.6 Å². The number of hydrogen-bond donors (Lipinski definition) is 1. The van der Waals surface area contributed by atoms with Crippen molar-refractivity contribution in [2.45, 2.75) is 17.6 Å². The molecule has 4 aromatic rings. The second-order valence-electron chi connectivity index (χ2n) is 5.79. The molecule has 8 nitrogen and oxygen atoms in total. The first-order valence-electron chi connectivity index (χ1n) is 8.38. The van der Waals surface area contributed by atoms with E-state index < -0.39 is 0 Å². The number of carbonyl (C=O) groups excluding carboxylic acids is 1. The Hall–Kier alpha value is -3.46. The predicted molar refractivity (Wildman–Crippen MR) is 103 cm³/mol. The summed E-state index contributed by atoms with van der Waals surface area (Å²) >= 11 is 1.47. The number of nitrogens with zero attached hydrogens (tertiary/aromatic N) is 4. The first-order valence-corrected chi connectivity index (χ1v) is 9.36. The molecule has 4 rings (SSSR count). The van der Waals surface area contributed by atoms with Gasteiger partial charge in [-0.05, 0) is 30.3 Å². The molecule has 0 spiro atoms. The van der Waals surface area contributed by atoms with Gasteiger partial charge in [0.25, 0.3) is 5.91 Å². The Kier molecular flexibility index (Phi) is 5.16. The topological polar surface area (TPSA) is 107 Å². The van der Waals surface area contributed by atoms with Gasteiger partial charge < -0.3 is 14.3 Å². The minimum Gasteiger partial charge on any atom is -0.423 e. The smallest absolute Gasteiger partial charge is 0.256 e. The van der Waals surface area contributed by atoms with E-state index in [-0.39, 0.29) is 5.91 Å². The zero-order valence-electron chi connectivity index (χ0n) is 14.8. The fraction of sp³-hybridized carbons (Fsp3) is 0.105. The van der Waals surface area contributed by atoms with Crippen LogP contribution in [-0.4, -0.2) is 26.2 Å². The number of nitrogens with one attached hydrogen (secondary N) is 1. The summed E-state index contributed by atoms with van der Waals surface area (Å²) in [5.41, 5.74) is 1.93. The minimum absolute atomic E-state index is 0.213. The number of amides is 1. The van der Waals surface area contributed by atoms with Gasteiger partial charge in [-0.3, -0.25) is 4.79 Å². The zero-order valence-corrected chi connectivity index (χ0v) is 15.6. The number of thioether (sulfide) groups is 1. The fourth-order valence-corrected chi connectivity index (χ4v) is 3.44. The highest BCUT2D eigenvalue weighted by molar-refractivity contribution is 7.98. The van der Waals surface area contributed by atoms with Crippen LogP contribution in [0.3, 0.4) is 0 Å². The van der Waals surface area contributed by atoms with Crippen molar-refractivity contribution in [3.63, 3.8) is 0 Å². The van der Waals surface area contributed by atoms with E-state index in [2.05, 4.69) is 25.7 Å². The lowest BCUT2D eigenvalue weighted by atomic mass is 10.1. The van der Waals surface area contributed by atoms with E-state index >= 15 is 0 Å². The molecule has 1 N–H and O–H groups in total. The van der Waals surface area contributed by atoms with Crippen LogP contribution in [0.4, 0.5) is 5.69 Å². The highest BCUT2D eigenvalue weighted by atomic mass is 32.2. The van der Waals surface area contributed by atoms with Crippen molar-refractivity contribution in [1.82, 2.24) is 20.3 Å². The average Bonchev–Trinajstić information content (AvgIpc) is 3.39. The van der Waals surface area contributed by atoms with Crippen molar-refractivity contribution in [2.24, 2.45) is 0 Å². The highest BCUT2D eigenvalue weighted by Gasteiger charge is 2.14. The van der Waals surface area contributed by atoms with Crippen LogP contribution in [0.1, 0.15) is 22.1 Å². The Morgan fingerprint density at radius 2 is 2.07 bits per heavy atom. The maximum Gasteiger partial charge on any atom is 0.256 e. The summed E-state index contributed by atoms with van der Waals surface area (Å²) in [5.74, 6) is 1.79. The van der Waals surface area contributed by atoms with E-state index in [1.807, 2.05) is 30.3 Å². The van der Waals surface area contributed by atoms with Crippen molar-refractivity contribution in [2.75, 3.05) is 5.32 Å². The number of aromatic nitrogens is 4. The molecule has 28 heavy (non-hydrogen) atoms. The lowest BCUT2D eigenvalue weighted by Crippen LogP contribution is -2.13. The van der Waals surface area contributed by atoms with Gasteiger partial charge in [-0.1, -0.05) is 23.4 Å². The van der Waals surface area contributed by atoms with Gasteiger partial charge in [-0.2, -0.15) is 4.98 Å². The summed E-state index contributed by atoms with van der Waals surface area (Å²) < 4.78 is 10.2. The van der Waals surface area contributed by atoms with Crippen molar-refractivity contribution in [3.8, 4) is 11.5 Å². The number of aryl methyl sites for hydroxylation is 1. The van der Waals surface area contributed by atoms with Gasteiger partial charge in [0.2, 0.25) is 18.2 Å². The number of anilines is 1. The maximum atomic E-state index is 12.8. The highest BCUT2D eigenvalue weighted by Crippen LogP contribution is 2.27. The van der Waals surface area contributed by atoms with Crippen LogP contribution in [0.15, 0.2) is 68.8 Å². The van der Waals surface area contributed by atoms with Crippen LogP contribution in [0.25, 0.3) is 11.5 Å².